The lowest BCUT2D eigenvalue weighted by Crippen LogP contribution is -2.37. The molecule has 0 aromatic heterocycles. The van der Waals surface area contributed by atoms with Gasteiger partial charge in [0.2, 0.25) is 0 Å². The molecule has 0 amide bonds. The Hall–Kier alpha value is -1.42. The highest BCUT2D eigenvalue weighted by Crippen LogP contribution is 2.34. The second-order valence-electron chi connectivity index (χ2n) is 5.44. The van der Waals surface area contributed by atoms with Crippen molar-refractivity contribution in [3.63, 3.8) is 0 Å². The Balaban J connectivity index is 3.11. The fourth-order valence-corrected chi connectivity index (χ4v) is 1.68. The van der Waals surface area contributed by atoms with E-state index in [0.29, 0.717) is 11.4 Å². The highest BCUT2D eigenvalue weighted by Gasteiger charge is 2.20. The molecule has 1 aromatic rings. The third-order valence-corrected chi connectivity index (χ3v) is 3.13. The van der Waals surface area contributed by atoms with Crippen LogP contribution < -0.4 is 15.2 Å². The Morgan fingerprint density at radius 1 is 1.17 bits per heavy atom. The van der Waals surface area contributed by atoms with Crippen molar-refractivity contribution in [3.8, 4) is 11.5 Å². The molecule has 4 nitrogen and oxygen atoms in total. The molecule has 0 saturated carbocycles. The van der Waals surface area contributed by atoms with Gasteiger partial charge in [0.15, 0.2) is 11.5 Å². The zero-order chi connectivity index (χ0) is 13.9. The number of methoxy groups -OCH3 is 2. The van der Waals surface area contributed by atoms with Crippen LogP contribution in [0.15, 0.2) is 12.1 Å². The quantitative estimate of drug-likeness (QED) is 0.836. The van der Waals surface area contributed by atoms with E-state index in [1.54, 1.807) is 20.3 Å². The van der Waals surface area contributed by atoms with Gasteiger partial charge in [-0.2, -0.15) is 0 Å². The van der Waals surface area contributed by atoms with Crippen molar-refractivity contribution in [1.82, 2.24) is 4.90 Å². The van der Waals surface area contributed by atoms with Crippen molar-refractivity contribution in [3.05, 3.63) is 17.7 Å². The van der Waals surface area contributed by atoms with E-state index in [4.69, 9.17) is 15.2 Å². The number of benzene rings is 1. The zero-order valence-corrected chi connectivity index (χ0v) is 12.2. The molecule has 0 aliphatic heterocycles. The molecule has 0 unspecified atom stereocenters. The molecule has 0 radical (unpaired) electrons. The minimum atomic E-state index is 0.0862. The summed E-state index contributed by atoms with van der Waals surface area (Å²) in [6, 6.07) is 3.71. The molecule has 0 fully saturated rings. The molecule has 102 valence electrons. The van der Waals surface area contributed by atoms with Crippen LogP contribution in [0.5, 0.6) is 11.5 Å². The fourth-order valence-electron chi connectivity index (χ4n) is 1.68. The van der Waals surface area contributed by atoms with E-state index in [1.807, 2.05) is 6.07 Å². The van der Waals surface area contributed by atoms with E-state index in [2.05, 4.69) is 32.7 Å². The van der Waals surface area contributed by atoms with Crippen molar-refractivity contribution in [1.29, 1.82) is 0 Å². The second kappa shape index (κ2) is 5.48. The lowest BCUT2D eigenvalue weighted by molar-refractivity contribution is 0.165. The van der Waals surface area contributed by atoms with E-state index in [1.165, 1.54) is 0 Å². The van der Waals surface area contributed by atoms with Gasteiger partial charge in [-0.1, -0.05) is 0 Å². The van der Waals surface area contributed by atoms with Crippen molar-refractivity contribution >= 4 is 5.69 Å². The molecule has 18 heavy (non-hydrogen) atoms. The van der Waals surface area contributed by atoms with Crippen LogP contribution in [0.2, 0.25) is 0 Å². The minimum Gasteiger partial charge on any atom is -0.493 e. The van der Waals surface area contributed by atoms with Gasteiger partial charge in [-0.05, 0) is 33.9 Å². The molecule has 0 heterocycles. The number of ether oxygens (including phenoxy) is 2. The summed E-state index contributed by atoms with van der Waals surface area (Å²) in [6.45, 7) is 7.27. The van der Waals surface area contributed by atoms with Crippen LogP contribution >= 0.6 is 0 Å². The molecule has 0 atom stereocenters. The SMILES string of the molecule is COc1cc(N)cc(CN(C)C(C)(C)C)c1OC. The summed E-state index contributed by atoms with van der Waals surface area (Å²) in [7, 11) is 5.35. The third-order valence-electron chi connectivity index (χ3n) is 3.13. The molecule has 0 spiro atoms. The smallest absolute Gasteiger partial charge is 0.165 e. The average Bonchev–Trinajstić information content (AvgIpc) is 2.26. The lowest BCUT2D eigenvalue weighted by Gasteiger charge is -2.32. The minimum absolute atomic E-state index is 0.0862. The Labute approximate surface area is 110 Å². The summed E-state index contributed by atoms with van der Waals surface area (Å²) in [5.41, 5.74) is 7.69. The van der Waals surface area contributed by atoms with E-state index < -0.39 is 0 Å². The van der Waals surface area contributed by atoms with Gasteiger partial charge in [0.25, 0.3) is 0 Å². The largest absolute Gasteiger partial charge is 0.493 e. The molecule has 0 saturated heterocycles. The Bertz CT molecular complexity index is 411. The molecule has 1 rings (SSSR count). The van der Waals surface area contributed by atoms with Gasteiger partial charge in [-0.25, -0.2) is 0 Å². The lowest BCUT2D eigenvalue weighted by atomic mass is 10.0. The number of nitrogen functional groups attached to an aromatic ring is 1. The monoisotopic (exact) mass is 252 g/mol. The van der Waals surface area contributed by atoms with Crippen LogP contribution in [0.1, 0.15) is 26.3 Å². The van der Waals surface area contributed by atoms with Gasteiger partial charge in [-0.3, -0.25) is 4.90 Å². The van der Waals surface area contributed by atoms with Gasteiger partial charge in [0.1, 0.15) is 0 Å². The number of hydrogen-bond acceptors (Lipinski definition) is 4. The highest BCUT2D eigenvalue weighted by atomic mass is 16.5. The van der Waals surface area contributed by atoms with E-state index in [0.717, 1.165) is 17.9 Å². The number of nitrogens with two attached hydrogens (primary N) is 1. The maximum atomic E-state index is 5.89. The first kappa shape index (κ1) is 14.6. The highest BCUT2D eigenvalue weighted by molar-refractivity contribution is 5.57. The average molecular weight is 252 g/mol. The van der Waals surface area contributed by atoms with Gasteiger partial charge < -0.3 is 15.2 Å². The number of rotatable bonds is 4. The van der Waals surface area contributed by atoms with Crippen LogP contribution in [0, 0.1) is 0 Å². The summed E-state index contributed by atoms with van der Waals surface area (Å²) < 4.78 is 10.7. The van der Waals surface area contributed by atoms with E-state index in [-0.39, 0.29) is 5.54 Å². The van der Waals surface area contributed by atoms with Crippen molar-refractivity contribution in [2.24, 2.45) is 0 Å². The van der Waals surface area contributed by atoms with Gasteiger partial charge in [-0.15, -0.1) is 0 Å². The molecular weight excluding hydrogens is 228 g/mol. The van der Waals surface area contributed by atoms with Crippen molar-refractivity contribution < 1.29 is 9.47 Å². The van der Waals surface area contributed by atoms with Crippen LogP contribution in [0.4, 0.5) is 5.69 Å². The maximum absolute atomic E-state index is 5.89. The fraction of sp³-hybridized carbons (Fsp3) is 0.571. The number of anilines is 1. The topological polar surface area (TPSA) is 47.7 Å². The number of hydrogen-bond donors (Lipinski definition) is 1. The summed E-state index contributed by atoms with van der Waals surface area (Å²) in [5, 5.41) is 0. The second-order valence-corrected chi connectivity index (χ2v) is 5.44. The molecule has 2 N–H and O–H groups in total. The Morgan fingerprint density at radius 2 is 1.78 bits per heavy atom. The van der Waals surface area contributed by atoms with Gasteiger partial charge >= 0.3 is 0 Å². The van der Waals surface area contributed by atoms with Crippen molar-refractivity contribution in [2.75, 3.05) is 27.0 Å². The Morgan fingerprint density at radius 3 is 2.22 bits per heavy atom. The van der Waals surface area contributed by atoms with Crippen LogP contribution in [-0.2, 0) is 6.54 Å². The first-order chi connectivity index (χ1) is 8.29. The predicted molar refractivity (Wildman–Crippen MR) is 75.2 cm³/mol. The van der Waals surface area contributed by atoms with E-state index in [9.17, 15) is 0 Å². The summed E-state index contributed by atoms with van der Waals surface area (Å²) in [4.78, 5) is 2.24. The van der Waals surface area contributed by atoms with E-state index >= 15 is 0 Å². The summed E-state index contributed by atoms with van der Waals surface area (Å²) in [6.07, 6.45) is 0. The molecule has 0 aliphatic rings. The van der Waals surface area contributed by atoms with Crippen LogP contribution in [-0.4, -0.2) is 31.7 Å². The standard InChI is InChI=1S/C14H24N2O2/c1-14(2,3)16(4)9-10-7-11(15)8-12(17-5)13(10)18-6/h7-8H,9,15H2,1-6H3. The normalized spacial score (nSPS) is 11.7. The molecule has 1 aromatic carbocycles. The predicted octanol–water partition coefficient (Wildman–Crippen LogP) is 2.52. The zero-order valence-electron chi connectivity index (χ0n) is 12.2. The maximum Gasteiger partial charge on any atom is 0.165 e. The molecule has 0 bridgehead atoms. The summed E-state index contributed by atoms with van der Waals surface area (Å²) in [5.74, 6) is 1.43. The molecule has 4 heteroatoms. The molecule has 0 aliphatic carbocycles. The summed E-state index contributed by atoms with van der Waals surface area (Å²) >= 11 is 0. The first-order valence-electron chi connectivity index (χ1n) is 6.01. The van der Waals surface area contributed by atoms with Crippen LogP contribution in [0.25, 0.3) is 0 Å². The first-order valence-corrected chi connectivity index (χ1v) is 6.01. The van der Waals surface area contributed by atoms with Crippen LogP contribution in [0.3, 0.4) is 0 Å². The van der Waals surface area contributed by atoms with Gasteiger partial charge in [0, 0.05) is 29.4 Å². The Kier molecular flexibility index (Phi) is 4.46. The molecular formula is C14H24N2O2. The van der Waals surface area contributed by atoms with Gasteiger partial charge in [0.05, 0.1) is 14.2 Å². The third kappa shape index (κ3) is 3.29. The van der Waals surface area contributed by atoms with Crippen molar-refractivity contribution in [2.45, 2.75) is 32.9 Å². The number of nitrogens with zero attached hydrogens (tertiary/aromatic N) is 1.